The number of amidine groups is 1. The third kappa shape index (κ3) is 4.98. The van der Waals surface area contributed by atoms with Crippen molar-refractivity contribution in [2.75, 3.05) is 25.1 Å². The normalized spacial score (nSPS) is 15.3. The van der Waals surface area contributed by atoms with Crippen LogP contribution in [0.3, 0.4) is 0 Å². The molecule has 2 N–H and O–H groups in total. The molecule has 0 bridgehead atoms. The Morgan fingerprint density at radius 2 is 2.14 bits per heavy atom. The van der Waals surface area contributed by atoms with Crippen molar-refractivity contribution in [2.24, 2.45) is 10.9 Å². The summed E-state index contributed by atoms with van der Waals surface area (Å²) in [6, 6.07) is 4.05. The van der Waals surface area contributed by atoms with Crippen molar-refractivity contribution in [1.82, 2.24) is 10.5 Å². The molecule has 0 unspecified atom stereocenters. The van der Waals surface area contributed by atoms with E-state index in [9.17, 15) is 19.2 Å². The van der Waals surface area contributed by atoms with Crippen LogP contribution in [0.25, 0.3) is 0 Å². The number of aliphatic imine (C=N–C) groups is 1. The average molecular weight is 485 g/mol. The second-order valence-electron chi connectivity index (χ2n) is 6.29. The smallest absolute Gasteiger partial charge is 0.349 e. The van der Waals surface area contributed by atoms with E-state index in [2.05, 4.69) is 30.6 Å². The van der Waals surface area contributed by atoms with Crippen molar-refractivity contribution in [2.45, 2.75) is 12.8 Å². The number of piperidine rings is 1. The largest absolute Gasteiger partial charge is 0.465 e. The molecule has 154 valence electrons. The van der Waals surface area contributed by atoms with Crippen LogP contribution in [-0.4, -0.2) is 48.0 Å². The van der Waals surface area contributed by atoms with E-state index >= 15 is 0 Å². The number of ether oxygens (including phenoxy) is 1. The number of hydrogen-bond acceptors (Lipinski definition) is 8. The number of rotatable bonds is 5. The molecule has 1 aromatic heterocycles. The summed E-state index contributed by atoms with van der Waals surface area (Å²) in [6.45, 7) is 1.15. The summed E-state index contributed by atoms with van der Waals surface area (Å²) in [7, 11) is 1.32. The molecule has 2 heterocycles. The van der Waals surface area contributed by atoms with Crippen LogP contribution in [0.15, 0.2) is 33.9 Å². The molecule has 29 heavy (non-hydrogen) atoms. The fraction of sp³-hybridized carbons (Fsp3) is 0.333. The Hall–Kier alpha value is -2.37. The number of ketones is 1. The van der Waals surface area contributed by atoms with Crippen LogP contribution in [-0.2, 0) is 9.53 Å². The lowest BCUT2D eigenvalue weighted by Gasteiger charge is -2.30. The van der Waals surface area contributed by atoms with Gasteiger partial charge in [0.1, 0.15) is 10.7 Å². The van der Waals surface area contributed by atoms with Gasteiger partial charge in [-0.3, -0.25) is 10.0 Å². The SMILES string of the molecule is COC(=O)c1cnc(N2CCC(C(=O)C(=Nc3ccc(F)c(Br)c3)NO)CC2)s1. The number of halogens is 2. The van der Waals surface area contributed by atoms with Crippen molar-refractivity contribution >= 4 is 55.7 Å². The quantitative estimate of drug-likeness (QED) is 0.290. The highest BCUT2D eigenvalue weighted by atomic mass is 79.9. The molecule has 1 aliphatic rings. The molecule has 1 saturated heterocycles. The maximum absolute atomic E-state index is 13.3. The predicted molar refractivity (Wildman–Crippen MR) is 110 cm³/mol. The van der Waals surface area contributed by atoms with Gasteiger partial charge in [0, 0.05) is 19.0 Å². The number of nitrogens with zero attached hydrogens (tertiary/aromatic N) is 3. The van der Waals surface area contributed by atoms with Gasteiger partial charge >= 0.3 is 5.97 Å². The zero-order chi connectivity index (χ0) is 21.0. The number of thiazole rings is 1. The molecule has 0 atom stereocenters. The Labute approximate surface area is 178 Å². The Balaban J connectivity index is 1.65. The Morgan fingerprint density at radius 3 is 2.76 bits per heavy atom. The van der Waals surface area contributed by atoms with Gasteiger partial charge in [0.05, 0.1) is 23.5 Å². The second kappa shape index (κ2) is 9.42. The molecule has 0 amide bonds. The van der Waals surface area contributed by atoms with Crippen molar-refractivity contribution in [3.05, 3.63) is 39.6 Å². The van der Waals surface area contributed by atoms with E-state index in [4.69, 9.17) is 0 Å². The van der Waals surface area contributed by atoms with Crippen LogP contribution in [0.5, 0.6) is 0 Å². The highest BCUT2D eigenvalue weighted by Crippen LogP contribution is 2.28. The number of esters is 1. The van der Waals surface area contributed by atoms with Crippen LogP contribution < -0.4 is 10.4 Å². The van der Waals surface area contributed by atoms with Gasteiger partial charge in [-0.1, -0.05) is 11.3 Å². The molecule has 8 nitrogen and oxygen atoms in total. The lowest BCUT2D eigenvalue weighted by atomic mass is 9.92. The van der Waals surface area contributed by atoms with Crippen molar-refractivity contribution in [3.8, 4) is 0 Å². The van der Waals surface area contributed by atoms with Crippen LogP contribution in [0, 0.1) is 11.7 Å². The van der Waals surface area contributed by atoms with Crippen LogP contribution in [0.2, 0.25) is 0 Å². The van der Waals surface area contributed by atoms with Gasteiger partial charge in [-0.2, -0.15) is 0 Å². The highest BCUT2D eigenvalue weighted by molar-refractivity contribution is 9.10. The first-order chi connectivity index (χ1) is 13.9. The van der Waals surface area contributed by atoms with Crippen LogP contribution in [0.1, 0.15) is 22.5 Å². The van der Waals surface area contributed by atoms with Gasteiger partial charge in [-0.15, -0.1) is 0 Å². The molecule has 0 spiro atoms. The third-order valence-corrected chi connectivity index (χ3v) is 6.15. The highest BCUT2D eigenvalue weighted by Gasteiger charge is 2.29. The van der Waals surface area contributed by atoms with Crippen molar-refractivity contribution in [3.63, 3.8) is 0 Å². The zero-order valence-corrected chi connectivity index (χ0v) is 17.8. The van der Waals surface area contributed by atoms with Crippen LogP contribution >= 0.6 is 27.3 Å². The minimum Gasteiger partial charge on any atom is -0.465 e. The lowest BCUT2D eigenvalue weighted by molar-refractivity contribution is -0.117. The second-order valence-corrected chi connectivity index (χ2v) is 8.16. The molecule has 3 rings (SSSR count). The van der Waals surface area contributed by atoms with E-state index in [-0.39, 0.29) is 22.0 Å². The monoisotopic (exact) mass is 484 g/mol. The van der Waals surface area contributed by atoms with E-state index in [0.29, 0.717) is 41.6 Å². The number of carbonyl (C=O) groups excluding carboxylic acids is 2. The Morgan fingerprint density at radius 1 is 1.41 bits per heavy atom. The fourth-order valence-electron chi connectivity index (χ4n) is 2.95. The van der Waals surface area contributed by atoms with Gasteiger partial charge in [0.25, 0.3) is 0 Å². The van der Waals surface area contributed by atoms with Gasteiger partial charge in [-0.25, -0.2) is 24.6 Å². The molecule has 0 saturated carbocycles. The summed E-state index contributed by atoms with van der Waals surface area (Å²) >= 11 is 4.30. The lowest BCUT2D eigenvalue weighted by Crippen LogP contribution is -2.41. The fourth-order valence-corrected chi connectivity index (χ4v) is 4.20. The number of anilines is 1. The van der Waals surface area contributed by atoms with E-state index in [1.807, 2.05) is 10.4 Å². The topological polar surface area (TPSA) is 104 Å². The standard InChI is InChI=1S/C18H18BrFN4O4S/c1-28-17(26)14-9-21-18(29-14)24-6-4-10(5-7-24)15(25)16(23-27)22-11-2-3-13(20)12(19)8-11/h2-3,8-10,27H,4-7H2,1H3,(H,22,23). The molecule has 1 fully saturated rings. The van der Waals surface area contributed by atoms with Gasteiger partial charge in [0.15, 0.2) is 11.0 Å². The molecule has 1 aromatic carbocycles. The summed E-state index contributed by atoms with van der Waals surface area (Å²) < 4.78 is 18.3. The summed E-state index contributed by atoms with van der Waals surface area (Å²) in [4.78, 5) is 35.1. The molecule has 0 radical (unpaired) electrons. The van der Waals surface area contributed by atoms with Gasteiger partial charge < -0.3 is 9.64 Å². The van der Waals surface area contributed by atoms with Crippen molar-refractivity contribution in [1.29, 1.82) is 0 Å². The molecular weight excluding hydrogens is 467 g/mol. The first-order valence-electron chi connectivity index (χ1n) is 8.70. The van der Waals surface area contributed by atoms with E-state index < -0.39 is 11.8 Å². The molecule has 2 aromatic rings. The molecular formula is C18H18BrFN4O4S. The number of hydrogen-bond donors (Lipinski definition) is 2. The number of aromatic nitrogens is 1. The summed E-state index contributed by atoms with van der Waals surface area (Å²) in [5.41, 5.74) is 2.20. The number of methoxy groups -OCH3 is 1. The average Bonchev–Trinajstić information content (AvgIpc) is 3.24. The number of Topliss-reactive ketones (excluding diaryl/α,β-unsaturated/α-hetero) is 1. The Bertz CT molecular complexity index is 944. The number of hydroxylamine groups is 1. The maximum atomic E-state index is 13.3. The summed E-state index contributed by atoms with van der Waals surface area (Å²) in [5.74, 6) is -1.71. The van der Waals surface area contributed by atoms with Gasteiger partial charge in [-0.05, 0) is 47.0 Å². The first-order valence-corrected chi connectivity index (χ1v) is 10.3. The molecule has 0 aliphatic carbocycles. The van der Waals surface area contributed by atoms with Gasteiger partial charge in [0.2, 0.25) is 5.78 Å². The third-order valence-electron chi connectivity index (χ3n) is 4.50. The summed E-state index contributed by atoms with van der Waals surface area (Å²) in [5, 5.41) is 10.1. The minimum absolute atomic E-state index is 0.191. The molecule has 11 heteroatoms. The minimum atomic E-state index is -0.446. The maximum Gasteiger partial charge on any atom is 0.349 e. The summed E-state index contributed by atoms with van der Waals surface area (Å²) in [6.07, 6.45) is 2.56. The molecule has 1 aliphatic heterocycles. The van der Waals surface area contributed by atoms with Crippen molar-refractivity contribution < 1.29 is 23.9 Å². The number of benzene rings is 1. The van der Waals surface area contributed by atoms with E-state index in [1.165, 1.54) is 42.8 Å². The number of nitrogens with one attached hydrogen (secondary N) is 1. The Kier molecular flexibility index (Phi) is 6.93. The van der Waals surface area contributed by atoms with E-state index in [1.54, 1.807) is 0 Å². The zero-order valence-electron chi connectivity index (χ0n) is 15.4. The predicted octanol–water partition coefficient (Wildman–Crippen LogP) is 3.33. The van der Waals surface area contributed by atoms with E-state index in [0.717, 1.165) is 0 Å². The first kappa shape index (κ1) is 21.3. The number of carbonyl (C=O) groups is 2. The van der Waals surface area contributed by atoms with Crippen LogP contribution in [0.4, 0.5) is 15.2 Å².